The highest BCUT2D eigenvalue weighted by Crippen LogP contribution is 2.45. The van der Waals surface area contributed by atoms with Crippen LogP contribution >= 0.6 is 54.5 Å². The Kier molecular flexibility index (Phi) is 13.8. The van der Waals surface area contributed by atoms with E-state index in [-0.39, 0.29) is 43.5 Å². The SMILES string of the molecule is COC(=O)[C@@H]1Cc2cc(Br)c(c(Br)c2)Oc2cc(cc(I)c2O)C[C@H](NC(=O)OCC2c3ccccc3-c3ccccc32)C(=O)N[C@@H](C(C)OCc2ccccc2)C(=O)N1. The van der Waals surface area contributed by atoms with Crippen LogP contribution in [-0.2, 0) is 48.0 Å². The van der Waals surface area contributed by atoms with Crippen LogP contribution in [-0.4, -0.2) is 66.9 Å². The van der Waals surface area contributed by atoms with E-state index in [4.69, 9.17) is 18.9 Å². The number of carbonyl (C=O) groups is 4. The summed E-state index contributed by atoms with van der Waals surface area (Å²) >= 11 is 9.08. The molecule has 1 aliphatic carbocycles. The molecule has 0 fully saturated rings. The summed E-state index contributed by atoms with van der Waals surface area (Å²) in [6, 6.07) is 28.1. The lowest BCUT2D eigenvalue weighted by molar-refractivity contribution is -0.146. The first kappa shape index (κ1) is 43.1. The van der Waals surface area contributed by atoms with Gasteiger partial charge in [0.05, 0.1) is 32.3 Å². The molecule has 0 radical (unpaired) electrons. The van der Waals surface area contributed by atoms with Gasteiger partial charge in [0.2, 0.25) is 11.8 Å². The molecule has 3 aliphatic rings. The molecule has 4 atom stereocenters. The van der Waals surface area contributed by atoms with E-state index in [1.165, 1.54) is 7.11 Å². The number of phenols is 1. The molecule has 4 bridgehead atoms. The van der Waals surface area contributed by atoms with Gasteiger partial charge in [0, 0.05) is 18.8 Å². The number of phenolic OH excluding ortho intramolecular Hbond substituents is 1. The van der Waals surface area contributed by atoms with Crippen molar-refractivity contribution in [3.05, 3.63) is 143 Å². The fraction of sp³-hybridized carbons (Fsp3) is 0.244. The van der Waals surface area contributed by atoms with E-state index in [9.17, 15) is 24.3 Å². The van der Waals surface area contributed by atoms with Crippen LogP contribution in [0.2, 0.25) is 0 Å². The van der Waals surface area contributed by atoms with Gasteiger partial charge in [0.1, 0.15) is 24.7 Å². The maximum absolute atomic E-state index is 14.5. The van der Waals surface area contributed by atoms with Crippen molar-refractivity contribution < 1.29 is 43.2 Å². The summed E-state index contributed by atoms with van der Waals surface area (Å²) in [5.74, 6) is -2.15. The number of hydrogen-bond donors (Lipinski definition) is 4. The number of ether oxygens (including phenoxy) is 4. The molecule has 8 rings (SSSR count). The molecule has 2 heterocycles. The van der Waals surface area contributed by atoms with Gasteiger partial charge < -0.3 is 40.0 Å². The van der Waals surface area contributed by atoms with Crippen LogP contribution in [0.4, 0.5) is 4.79 Å². The van der Waals surface area contributed by atoms with Crippen LogP contribution in [0.25, 0.3) is 11.1 Å². The normalized spacial score (nSPS) is 18.2. The van der Waals surface area contributed by atoms with Crippen molar-refractivity contribution in [2.75, 3.05) is 13.7 Å². The van der Waals surface area contributed by atoms with Crippen molar-refractivity contribution in [3.8, 4) is 28.4 Å². The van der Waals surface area contributed by atoms with E-state index in [0.717, 1.165) is 27.8 Å². The van der Waals surface area contributed by atoms with Crippen molar-refractivity contribution in [3.63, 3.8) is 0 Å². The Hall–Kier alpha value is -4.97. The van der Waals surface area contributed by atoms with Gasteiger partial charge >= 0.3 is 12.1 Å². The molecule has 3 amide bonds. The molecular formula is C45H40Br2IN3O9. The van der Waals surface area contributed by atoms with E-state index in [2.05, 4.69) is 47.8 Å². The molecule has 1 unspecified atom stereocenters. The van der Waals surface area contributed by atoms with Gasteiger partial charge in [-0.25, -0.2) is 9.59 Å². The van der Waals surface area contributed by atoms with Gasteiger partial charge in [-0.05, 0) is 125 Å². The summed E-state index contributed by atoms with van der Waals surface area (Å²) < 4.78 is 24.7. The van der Waals surface area contributed by atoms with Crippen molar-refractivity contribution >= 4 is 78.3 Å². The predicted octanol–water partition coefficient (Wildman–Crippen LogP) is 8.07. The van der Waals surface area contributed by atoms with E-state index >= 15 is 0 Å². The molecule has 5 aromatic rings. The Morgan fingerprint density at radius 3 is 2.13 bits per heavy atom. The maximum atomic E-state index is 14.5. The van der Waals surface area contributed by atoms with Crippen molar-refractivity contribution in [2.45, 2.75) is 56.5 Å². The van der Waals surface area contributed by atoms with Gasteiger partial charge in [-0.15, -0.1) is 0 Å². The molecule has 2 aliphatic heterocycles. The van der Waals surface area contributed by atoms with Gasteiger partial charge in [0.25, 0.3) is 0 Å². The quantitative estimate of drug-likeness (QED) is 0.0891. The van der Waals surface area contributed by atoms with E-state index < -0.39 is 48.1 Å². The van der Waals surface area contributed by atoms with E-state index in [1.807, 2.05) is 101 Å². The molecule has 310 valence electrons. The second kappa shape index (κ2) is 19.2. The maximum Gasteiger partial charge on any atom is 0.407 e. The van der Waals surface area contributed by atoms with Crippen LogP contribution in [0.3, 0.4) is 0 Å². The number of methoxy groups -OCH3 is 1. The smallest absolute Gasteiger partial charge is 0.407 e. The number of alkyl carbamates (subject to hydrolysis) is 1. The number of amides is 3. The summed E-state index contributed by atoms with van der Waals surface area (Å²) in [6.07, 6.45) is -1.90. The third kappa shape index (κ3) is 9.80. The largest absolute Gasteiger partial charge is 0.504 e. The fourth-order valence-corrected chi connectivity index (χ4v) is 9.48. The van der Waals surface area contributed by atoms with Crippen LogP contribution < -0.4 is 20.7 Å². The van der Waals surface area contributed by atoms with E-state index in [1.54, 1.807) is 31.2 Å². The highest BCUT2D eigenvalue weighted by atomic mass is 127. The standard InChI is InChI=1S/C45H40Br2IN3O9/c1-24(58-22-25-10-4-3-5-11-25)39-43(54)49-37(44(55)57-2)20-26-16-33(46)41(34(47)17-26)60-38-21-27(18-35(48)40(38)52)19-36(42(53)51-39)50-45(56)59-23-32-30-14-8-6-12-28(30)29-13-7-9-15-31(29)32/h3-18,21,24,32,36-37,39,52H,19-20,22-23H2,1-2H3,(H,49,54)(H,50,56)(H,51,53)/t24?,36-,37-,39-/m0/s1. The Labute approximate surface area is 377 Å². The number of nitrogens with one attached hydrogen (secondary N) is 3. The summed E-state index contributed by atoms with van der Waals surface area (Å²) in [4.78, 5) is 55.7. The Morgan fingerprint density at radius 2 is 1.48 bits per heavy atom. The first-order chi connectivity index (χ1) is 28.9. The first-order valence-electron chi connectivity index (χ1n) is 19.0. The zero-order valence-electron chi connectivity index (χ0n) is 32.4. The minimum atomic E-state index is -1.35. The summed E-state index contributed by atoms with van der Waals surface area (Å²) in [5, 5.41) is 19.4. The van der Waals surface area contributed by atoms with Crippen LogP contribution in [0.15, 0.2) is 112 Å². The van der Waals surface area contributed by atoms with Gasteiger partial charge in [-0.3, -0.25) is 9.59 Å². The minimum absolute atomic E-state index is 0.000408. The molecule has 0 aromatic heterocycles. The molecule has 60 heavy (non-hydrogen) atoms. The molecule has 12 nitrogen and oxygen atoms in total. The van der Waals surface area contributed by atoms with Crippen LogP contribution in [0, 0.1) is 3.57 Å². The zero-order valence-corrected chi connectivity index (χ0v) is 37.7. The second-order valence-corrected chi connectivity index (χ2v) is 17.3. The molecule has 15 heteroatoms. The highest BCUT2D eigenvalue weighted by molar-refractivity contribution is 14.1. The van der Waals surface area contributed by atoms with Crippen molar-refractivity contribution in [1.82, 2.24) is 16.0 Å². The summed E-state index contributed by atoms with van der Waals surface area (Å²) in [5.41, 5.74) is 6.13. The lowest BCUT2D eigenvalue weighted by Gasteiger charge is -2.28. The van der Waals surface area contributed by atoms with E-state index in [0.29, 0.717) is 29.4 Å². The minimum Gasteiger partial charge on any atom is -0.504 e. The van der Waals surface area contributed by atoms with Crippen molar-refractivity contribution in [1.29, 1.82) is 0 Å². The predicted molar refractivity (Wildman–Crippen MR) is 239 cm³/mol. The molecule has 4 N–H and O–H groups in total. The number of hydrogen-bond acceptors (Lipinski definition) is 9. The summed E-state index contributed by atoms with van der Waals surface area (Å²) in [7, 11) is 1.21. The zero-order chi connectivity index (χ0) is 42.5. The average molecular weight is 1050 g/mol. The molecule has 0 saturated heterocycles. The number of fused-ring (bicyclic) bond motifs is 13. The topological polar surface area (TPSA) is 162 Å². The molecule has 0 spiro atoms. The Balaban J connectivity index is 1.23. The lowest BCUT2D eigenvalue weighted by Crippen LogP contribution is -2.60. The van der Waals surface area contributed by atoms with Crippen molar-refractivity contribution in [2.24, 2.45) is 0 Å². The number of rotatable bonds is 8. The van der Waals surface area contributed by atoms with Gasteiger partial charge in [-0.2, -0.15) is 0 Å². The number of esters is 1. The fourth-order valence-electron chi connectivity index (χ4n) is 7.37. The number of halogens is 3. The Morgan fingerprint density at radius 1 is 0.867 bits per heavy atom. The van der Waals surface area contributed by atoms with Crippen LogP contribution in [0.5, 0.6) is 17.2 Å². The third-order valence-electron chi connectivity index (χ3n) is 10.4. The highest BCUT2D eigenvalue weighted by Gasteiger charge is 2.36. The summed E-state index contributed by atoms with van der Waals surface area (Å²) in [6.45, 7) is 1.75. The lowest BCUT2D eigenvalue weighted by atomic mass is 9.98. The van der Waals surface area contributed by atoms with Gasteiger partial charge in [0.15, 0.2) is 17.2 Å². The van der Waals surface area contributed by atoms with Crippen LogP contribution in [0.1, 0.15) is 40.7 Å². The molecular weight excluding hydrogens is 1010 g/mol. The second-order valence-electron chi connectivity index (χ2n) is 14.4. The van der Waals surface area contributed by atoms with Gasteiger partial charge in [-0.1, -0.05) is 78.9 Å². The molecule has 5 aromatic carbocycles. The monoisotopic (exact) mass is 1050 g/mol. The number of aromatic hydroxyl groups is 1. The average Bonchev–Trinajstić information content (AvgIpc) is 3.56. The first-order valence-corrected chi connectivity index (χ1v) is 21.7. The number of benzene rings is 5. The molecule has 0 saturated carbocycles. The third-order valence-corrected chi connectivity index (χ3v) is 12.4. The number of carbonyl (C=O) groups excluding carboxylic acids is 4. The Bertz CT molecular complexity index is 2370.